The van der Waals surface area contributed by atoms with E-state index in [-0.39, 0.29) is 0 Å². The molecule has 2 heteroatoms. The van der Waals surface area contributed by atoms with Crippen LogP contribution in [0.2, 0.25) is 0 Å². The second-order valence-electron chi connectivity index (χ2n) is 3.04. The lowest BCUT2D eigenvalue weighted by Gasteiger charge is -2.24. The molecule has 0 aromatic carbocycles. The number of aliphatic hydroxyl groups is 1. The highest BCUT2D eigenvalue weighted by atomic mass is 32.1. The molecule has 0 bridgehead atoms. The molecule has 1 saturated carbocycles. The van der Waals surface area contributed by atoms with Crippen molar-refractivity contribution in [3.8, 4) is 0 Å². The van der Waals surface area contributed by atoms with E-state index in [9.17, 15) is 0 Å². The van der Waals surface area contributed by atoms with E-state index >= 15 is 0 Å². The zero-order chi connectivity index (χ0) is 7.40. The van der Waals surface area contributed by atoms with Crippen LogP contribution in [0.15, 0.2) is 0 Å². The monoisotopic (exact) mass is 158 g/mol. The Morgan fingerprint density at radius 2 is 1.90 bits per heavy atom. The van der Waals surface area contributed by atoms with Crippen LogP contribution in [0.4, 0.5) is 0 Å². The van der Waals surface area contributed by atoms with Gasteiger partial charge < -0.3 is 5.11 Å². The highest BCUT2D eigenvalue weighted by Gasteiger charge is 2.17. The van der Waals surface area contributed by atoms with Gasteiger partial charge >= 0.3 is 0 Å². The zero-order valence-electron chi connectivity index (χ0n) is 6.08. The summed E-state index contributed by atoms with van der Waals surface area (Å²) in [6.45, 7) is 2.23. The lowest BCUT2D eigenvalue weighted by Crippen LogP contribution is -2.14. The van der Waals surface area contributed by atoms with E-state index in [1.807, 2.05) is 0 Å². The highest BCUT2D eigenvalue weighted by molar-refractivity contribution is 7.80. The summed E-state index contributed by atoms with van der Waals surface area (Å²) in [5, 5.41) is 9.02. The zero-order valence-corrected chi connectivity index (χ0v) is 6.98. The van der Waals surface area contributed by atoms with Gasteiger partial charge in [0.1, 0.15) is 6.61 Å². The summed E-state index contributed by atoms with van der Waals surface area (Å²) in [5.41, 5.74) is 0. The van der Waals surface area contributed by atoms with Crippen molar-refractivity contribution in [2.24, 2.45) is 5.92 Å². The van der Waals surface area contributed by atoms with Crippen molar-refractivity contribution in [1.82, 2.24) is 0 Å². The number of rotatable bonds is 2. The van der Waals surface area contributed by atoms with Crippen molar-refractivity contribution in [2.75, 3.05) is 0 Å². The predicted molar refractivity (Wildman–Crippen MR) is 44.5 cm³/mol. The van der Waals surface area contributed by atoms with Crippen LogP contribution in [0.3, 0.4) is 0 Å². The molecule has 0 saturated heterocycles. The van der Waals surface area contributed by atoms with Gasteiger partial charge in [-0.05, 0) is 38.0 Å². The van der Waals surface area contributed by atoms with E-state index < -0.39 is 0 Å². The second-order valence-corrected chi connectivity index (χ2v) is 3.77. The normalized spacial score (nSPS) is 34.2. The third-order valence-corrected chi connectivity index (χ3v) is 2.71. The quantitative estimate of drug-likeness (QED) is 0.591. The van der Waals surface area contributed by atoms with E-state index in [0.717, 1.165) is 6.42 Å². The summed E-state index contributed by atoms with van der Waals surface area (Å²) in [7, 11) is 0. The van der Waals surface area contributed by atoms with Gasteiger partial charge in [-0.1, -0.05) is 0 Å². The highest BCUT2D eigenvalue weighted by Crippen LogP contribution is 2.29. The van der Waals surface area contributed by atoms with Crippen molar-refractivity contribution in [2.45, 2.75) is 37.4 Å². The second kappa shape index (κ2) is 4.24. The van der Waals surface area contributed by atoms with Crippen molar-refractivity contribution >= 4 is 12.6 Å². The Balaban J connectivity index is 2.13. The molecule has 1 aliphatic rings. The van der Waals surface area contributed by atoms with Gasteiger partial charge in [-0.3, -0.25) is 0 Å². The Labute approximate surface area is 68.2 Å². The number of aliphatic hydroxyl groups excluding tert-OH is 1. The van der Waals surface area contributed by atoms with E-state index in [1.54, 1.807) is 0 Å². The Morgan fingerprint density at radius 3 is 2.40 bits per heavy atom. The third-order valence-electron chi connectivity index (χ3n) is 2.20. The minimum absolute atomic E-state index is 0.606. The average Bonchev–Trinajstić information content (AvgIpc) is 1.95. The summed E-state index contributed by atoms with van der Waals surface area (Å²) >= 11 is 4.39. The van der Waals surface area contributed by atoms with Gasteiger partial charge in [0.05, 0.1) is 0 Å². The summed E-state index contributed by atoms with van der Waals surface area (Å²) in [6, 6.07) is 0. The van der Waals surface area contributed by atoms with Gasteiger partial charge in [0.15, 0.2) is 0 Å². The Bertz CT molecular complexity index is 87.3. The van der Waals surface area contributed by atoms with Crippen molar-refractivity contribution in [3.63, 3.8) is 0 Å². The maximum atomic E-state index is 8.42. The van der Waals surface area contributed by atoms with E-state index in [0.29, 0.717) is 11.2 Å². The van der Waals surface area contributed by atoms with Crippen LogP contribution in [0, 0.1) is 12.5 Å². The molecular weight excluding hydrogens is 144 g/mol. The molecule has 0 spiro atoms. The van der Waals surface area contributed by atoms with Crippen molar-refractivity contribution < 1.29 is 5.11 Å². The lowest BCUT2D eigenvalue weighted by molar-refractivity contribution is 0.292. The molecule has 10 heavy (non-hydrogen) atoms. The summed E-state index contributed by atoms with van der Waals surface area (Å²) < 4.78 is 0. The SMILES string of the molecule is O[C]CC1CCC(S)CC1. The molecule has 0 aromatic heterocycles. The first-order chi connectivity index (χ1) is 4.83. The molecule has 1 rings (SSSR count). The predicted octanol–water partition coefficient (Wildman–Crippen LogP) is 2.28. The van der Waals surface area contributed by atoms with Gasteiger partial charge in [-0.25, -0.2) is 0 Å². The van der Waals surface area contributed by atoms with E-state index in [1.165, 1.54) is 25.7 Å². The largest absolute Gasteiger partial charge is 0.384 e. The fraction of sp³-hybridized carbons (Fsp3) is 0.875. The van der Waals surface area contributed by atoms with Gasteiger partial charge in [-0.15, -0.1) is 0 Å². The molecule has 0 aromatic rings. The fourth-order valence-electron chi connectivity index (χ4n) is 1.48. The molecule has 1 N–H and O–H groups in total. The van der Waals surface area contributed by atoms with Crippen LogP contribution < -0.4 is 0 Å². The molecule has 0 heterocycles. The van der Waals surface area contributed by atoms with E-state index in [2.05, 4.69) is 19.2 Å². The molecule has 1 aliphatic carbocycles. The smallest absolute Gasteiger partial charge is 0.128 e. The van der Waals surface area contributed by atoms with Gasteiger partial charge in [-0.2, -0.15) is 12.6 Å². The first-order valence-electron chi connectivity index (χ1n) is 3.88. The summed E-state index contributed by atoms with van der Waals surface area (Å²) in [5.74, 6) is 0.674. The van der Waals surface area contributed by atoms with Crippen LogP contribution in [-0.4, -0.2) is 10.4 Å². The van der Waals surface area contributed by atoms with Crippen LogP contribution >= 0.6 is 12.6 Å². The molecule has 1 fully saturated rings. The van der Waals surface area contributed by atoms with E-state index in [4.69, 9.17) is 5.11 Å². The molecule has 58 valence electrons. The standard InChI is InChI=1S/C8H14OS/c9-6-5-7-1-3-8(10)4-2-7/h7-10H,1-5H2. The van der Waals surface area contributed by atoms with Gasteiger partial charge in [0.25, 0.3) is 0 Å². The maximum Gasteiger partial charge on any atom is 0.128 e. The van der Waals surface area contributed by atoms with Crippen molar-refractivity contribution in [1.29, 1.82) is 0 Å². The maximum absolute atomic E-state index is 8.42. The third kappa shape index (κ3) is 2.51. The number of hydrogen-bond acceptors (Lipinski definition) is 2. The van der Waals surface area contributed by atoms with Crippen LogP contribution in [0.25, 0.3) is 0 Å². The molecule has 0 unspecified atom stereocenters. The first-order valence-corrected chi connectivity index (χ1v) is 4.39. The Hall–Kier alpha value is 0.310. The molecule has 0 amide bonds. The summed E-state index contributed by atoms with van der Waals surface area (Å²) in [4.78, 5) is 0. The Morgan fingerprint density at radius 1 is 1.30 bits per heavy atom. The molecular formula is C8H14OS. The number of hydrogen-bond donors (Lipinski definition) is 2. The average molecular weight is 158 g/mol. The molecule has 0 atom stereocenters. The minimum atomic E-state index is 0.606. The first kappa shape index (κ1) is 8.41. The van der Waals surface area contributed by atoms with Gasteiger partial charge in [0.2, 0.25) is 0 Å². The van der Waals surface area contributed by atoms with Crippen LogP contribution in [-0.2, 0) is 0 Å². The molecule has 0 aliphatic heterocycles. The number of thiol groups is 1. The summed E-state index contributed by atoms with van der Waals surface area (Å²) in [6.07, 6.45) is 5.58. The lowest BCUT2D eigenvalue weighted by atomic mass is 9.87. The topological polar surface area (TPSA) is 20.2 Å². The molecule has 1 nitrogen and oxygen atoms in total. The van der Waals surface area contributed by atoms with Crippen molar-refractivity contribution in [3.05, 3.63) is 6.61 Å². The Kier molecular flexibility index (Phi) is 3.57. The minimum Gasteiger partial charge on any atom is -0.384 e. The fourth-order valence-corrected chi connectivity index (χ4v) is 1.78. The van der Waals surface area contributed by atoms with Crippen LogP contribution in [0.1, 0.15) is 32.1 Å². The van der Waals surface area contributed by atoms with Crippen LogP contribution in [0.5, 0.6) is 0 Å². The van der Waals surface area contributed by atoms with Gasteiger partial charge in [0, 0.05) is 5.25 Å². The molecule has 2 radical (unpaired) electrons.